The van der Waals surface area contributed by atoms with Crippen molar-refractivity contribution < 1.29 is 17.2 Å². The highest BCUT2D eigenvalue weighted by molar-refractivity contribution is 9.10. The third-order valence-corrected chi connectivity index (χ3v) is 2.82. The molecule has 0 fully saturated rings. The van der Waals surface area contributed by atoms with Crippen LogP contribution in [0.2, 0.25) is 0 Å². The van der Waals surface area contributed by atoms with E-state index in [-0.39, 0.29) is 10.2 Å². The first-order valence-corrected chi connectivity index (χ1v) is 5.63. The highest BCUT2D eigenvalue weighted by Gasteiger charge is 2.16. The number of primary sulfonamides is 1. The number of hydrogen-bond acceptors (Lipinski definition) is 3. The predicted octanol–water partition coefficient (Wildman–Crippen LogP) is 1.43. The summed E-state index contributed by atoms with van der Waals surface area (Å²) in [7, 11) is -3.95. The van der Waals surface area contributed by atoms with Gasteiger partial charge in [0.2, 0.25) is 0 Å². The van der Waals surface area contributed by atoms with Gasteiger partial charge in [-0.1, -0.05) is 0 Å². The molecule has 0 aliphatic rings. The Balaban J connectivity index is 3.27. The third kappa shape index (κ3) is 2.46. The number of sulfonamides is 1. The summed E-state index contributed by atoms with van der Waals surface area (Å²) in [6.07, 6.45) is -2.72. The Labute approximate surface area is 87.3 Å². The van der Waals surface area contributed by atoms with Gasteiger partial charge in [0.05, 0.1) is 5.56 Å². The summed E-state index contributed by atoms with van der Waals surface area (Å²) in [5, 5.41) is 4.30. The molecule has 8 heteroatoms. The van der Waals surface area contributed by atoms with E-state index in [0.29, 0.717) is 0 Å². The van der Waals surface area contributed by atoms with Crippen molar-refractivity contribution in [2.75, 3.05) is 0 Å². The molecular formula is C6H5BrF2N2O2S. The van der Waals surface area contributed by atoms with Gasteiger partial charge in [-0.05, 0) is 28.1 Å². The molecule has 0 saturated carbocycles. The summed E-state index contributed by atoms with van der Waals surface area (Å²) in [6, 6.07) is 1.89. The van der Waals surface area contributed by atoms with Crippen molar-refractivity contribution in [2.45, 2.75) is 11.5 Å². The number of nitrogens with two attached hydrogens (primary N) is 1. The van der Waals surface area contributed by atoms with Gasteiger partial charge in [0.1, 0.15) is 4.60 Å². The van der Waals surface area contributed by atoms with Gasteiger partial charge in [-0.2, -0.15) is 0 Å². The Bertz CT molecular complexity index is 449. The number of halogens is 3. The summed E-state index contributed by atoms with van der Waals surface area (Å²) in [5.74, 6) is 0. The minimum Gasteiger partial charge on any atom is -0.227 e. The van der Waals surface area contributed by atoms with Crippen molar-refractivity contribution in [3.05, 3.63) is 22.3 Å². The fourth-order valence-electron chi connectivity index (χ4n) is 0.750. The van der Waals surface area contributed by atoms with E-state index in [1.165, 1.54) is 0 Å². The lowest BCUT2D eigenvalue weighted by atomic mass is 10.3. The van der Waals surface area contributed by atoms with E-state index in [4.69, 9.17) is 5.14 Å². The number of pyridine rings is 1. The average molecular weight is 287 g/mol. The first-order valence-electron chi connectivity index (χ1n) is 3.30. The molecular weight excluding hydrogens is 282 g/mol. The van der Waals surface area contributed by atoms with Gasteiger partial charge < -0.3 is 0 Å². The Morgan fingerprint density at radius 1 is 1.43 bits per heavy atom. The predicted molar refractivity (Wildman–Crippen MR) is 48.3 cm³/mol. The standard InChI is InChI=1S/C6H5BrF2N2O2S/c7-5-3(6(8)9)1-2-4(11-5)14(10,12)13/h1-2,6H,(H2,10,12,13). The second kappa shape index (κ2) is 3.87. The van der Waals surface area contributed by atoms with Crippen LogP contribution in [0.1, 0.15) is 12.0 Å². The Kier molecular flexibility index (Phi) is 3.17. The van der Waals surface area contributed by atoms with Gasteiger partial charge in [0, 0.05) is 0 Å². The summed E-state index contributed by atoms with van der Waals surface area (Å²) in [6.45, 7) is 0. The normalized spacial score (nSPS) is 12.1. The van der Waals surface area contributed by atoms with Gasteiger partial charge in [-0.3, -0.25) is 0 Å². The first-order chi connectivity index (χ1) is 6.32. The van der Waals surface area contributed by atoms with Crippen molar-refractivity contribution in [3.63, 3.8) is 0 Å². The molecule has 2 N–H and O–H groups in total. The molecule has 0 saturated heterocycles. The van der Waals surface area contributed by atoms with E-state index in [2.05, 4.69) is 20.9 Å². The zero-order chi connectivity index (χ0) is 10.9. The second-order valence-electron chi connectivity index (χ2n) is 2.38. The average Bonchev–Trinajstić information content (AvgIpc) is 2.01. The number of hydrogen-bond donors (Lipinski definition) is 1. The Morgan fingerprint density at radius 2 is 2.00 bits per heavy atom. The van der Waals surface area contributed by atoms with E-state index >= 15 is 0 Å². The molecule has 14 heavy (non-hydrogen) atoms. The van der Waals surface area contributed by atoms with Gasteiger partial charge in [-0.25, -0.2) is 27.3 Å². The van der Waals surface area contributed by atoms with Crippen LogP contribution in [0.5, 0.6) is 0 Å². The lowest BCUT2D eigenvalue weighted by Gasteiger charge is -2.03. The smallest absolute Gasteiger partial charge is 0.227 e. The zero-order valence-corrected chi connectivity index (χ0v) is 9.02. The molecule has 0 bridgehead atoms. The van der Waals surface area contributed by atoms with Crippen molar-refractivity contribution in [2.24, 2.45) is 5.14 Å². The summed E-state index contributed by atoms with van der Waals surface area (Å²) in [5.41, 5.74) is -0.377. The molecule has 0 radical (unpaired) electrons. The van der Waals surface area contributed by atoms with Crippen LogP contribution in [-0.4, -0.2) is 13.4 Å². The summed E-state index contributed by atoms with van der Waals surface area (Å²) in [4.78, 5) is 3.39. The van der Waals surface area contributed by atoms with E-state index < -0.39 is 21.5 Å². The molecule has 0 unspecified atom stereocenters. The van der Waals surface area contributed by atoms with Crippen molar-refractivity contribution in [1.29, 1.82) is 0 Å². The van der Waals surface area contributed by atoms with Crippen LogP contribution in [0.25, 0.3) is 0 Å². The fraction of sp³-hybridized carbons (Fsp3) is 0.167. The quantitative estimate of drug-likeness (QED) is 0.836. The lowest BCUT2D eigenvalue weighted by Crippen LogP contribution is -2.14. The molecule has 4 nitrogen and oxygen atoms in total. The summed E-state index contributed by atoms with van der Waals surface area (Å²) >= 11 is 2.73. The Hall–Kier alpha value is -0.600. The van der Waals surface area contributed by atoms with Crippen LogP contribution in [0.4, 0.5) is 8.78 Å². The lowest BCUT2D eigenvalue weighted by molar-refractivity contribution is 0.150. The summed E-state index contributed by atoms with van der Waals surface area (Å²) < 4.78 is 45.7. The Morgan fingerprint density at radius 3 is 2.36 bits per heavy atom. The molecule has 1 rings (SSSR count). The maximum atomic E-state index is 12.2. The maximum absolute atomic E-state index is 12.2. The molecule has 0 aromatic carbocycles. The monoisotopic (exact) mass is 286 g/mol. The van der Waals surface area contributed by atoms with E-state index in [1.54, 1.807) is 0 Å². The van der Waals surface area contributed by atoms with E-state index in [0.717, 1.165) is 12.1 Å². The van der Waals surface area contributed by atoms with E-state index in [1.807, 2.05) is 0 Å². The van der Waals surface area contributed by atoms with Gasteiger partial charge in [0.25, 0.3) is 16.4 Å². The third-order valence-electron chi connectivity index (χ3n) is 1.38. The SMILES string of the molecule is NS(=O)(=O)c1ccc(C(F)F)c(Br)n1. The molecule has 1 aromatic heterocycles. The minimum absolute atomic E-state index is 0.223. The van der Waals surface area contributed by atoms with Crippen molar-refractivity contribution in [3.8, 4) is 0 Å². The molecule has 0 amide bonds. The van der Waals surface area contributed by atoms with Crippen LogP contribution in [0, 0.1) is 0 Å². The fourth-order valence-corrected chi connectivity index (χ4v) is 1.84. The van der Waals surface area contributed by atoms with Crippen LogP contribution in [0.15, 0.2) is 21.8 Å². The molecule has 0 spiro atoms. The number of nitrogens with zero attached hydrogens (tertiary/aromatic N) is 1. The van der Waals surface area contributed by atoms with E-state index in [9.17, 15) is 17.2 Å². The second-order valence-corrected chi connectivity index (χ2v) is 4.63. The van der Waals surface area contributed by atoms with Gasteiger partial charge in [-0.15, -0.1) is 0 Å². The molecule has 0 aliphatic heterocycles. The number of rotatable bonds is 2. The van der Waals surface area contributed by atoms with Crippen LogP contribution in [0.3, 0.4) is 0 Å². The highest BCUT2D eigenvalue weighted by Crippen LogP contribution is 2.26. The van der Waals surface area contributed by atoms with Crippen molar-refractivity contribution in [1.82, 2.24) is 4.98 Å². The molecule has 78 valence electrons. The molecule has 1 aromatic rings. The van der Waals surface area contributed by atoms with Crippen molar-refractivity contribution >= 4 is 26.0 Å². The largest absolute Gasteiger partial charge is 0.266 e. The zero-order valence-electron chi connectivity index (χ0n) is 6.62. The molecule has 0 atom stereocenters. The topological polar surface area (TPSA) is 73.1 Å². The molecule has 0 aliphatic carbocycles. The maximum Gasteiger partial charge on any atom is 0.266 e. The van der Waals surface area contributed by atoms with Gasteiger partial charge in [0.15, 0.2) is 5.03 Å². The van der Waals surface area contributed by atoms with Gasteiger partial charge >= 0.3 is 0 Å². The first kappa shape index (κ1) is 11.5. The molecule has 1 heterocycles. The number of aromatic nitrogens is 1. The van der Waals surface area contributed by atoms with Crippen LogP contribution < -0.4 is 5.14 Å². The highest BCUT2D eigenvalue weighted by atomic mass is 79.9. The number of alkyl halides is 2. The van der Waals surface area contributed by atoms with Crippen LogP contribution >= 0.6 is 15.9 Å². The van der Waals surface area contributed by atoms with Crippen LogP contribution in [-0.2, 0) is 10.0 Å². The minimum atomic E-state index is -3.95.